The summed E-state index contributed by atoms with van der Waals surface area (Å²) >= 11 is 1.32. The maximum absolute atomic E-state index is 12.9. The normalized spacial score (nSPS) is 24.6. The molecule has 1 saturated heterocycles. The first-order valence-corrected chi connectivity index (χ1v) is 5.67. The van der Waals surface area contributed by atoms with Crippen molar-refractivity contribution in [3.63, 3.8) is 0 Å². The van der Waals surface area contributed by atoms with Crippen LogP contribution in [0.3, 0.4) is 0 Å². The molecule has 0 aliphatic carbocycles. The van der Waals surface area contributed by atoms with E-state index in [1.165, 1.54) is 23.9 Å². The molecule has 0 saturated carbocycles. The first-order chi connectivity index (χ1) is 7.56. The van der Waals surface area contributed by atoms with Crippen LogP contribution >= 0.6 is 11.8 Å². The van der Waals surface area contributed by atoms with Crippen molar-refractivity contribution in [1.29, 1.82) is 0 Å². The average molecular weight is 245 g/mol. The Hall–Kier alpha value is -1.14. The van der Waals surface area contributed by atoms with Crippen LogP contribution in [0.2, 0.25) is 0 Å². The third-order valence-corrected chi connectivity index (χ3v) is 3.54. The Kier molecular flexibility index (Phi) is 3.11. The smallest absolute Gasteiger partial charge is 0.321 e. The molecule has 2 rings (SSSR count). The van der Waals surface area contributed by atoms with Gasteiger partial charge in [0.1, 0.15) is 17.7 Å². The quantitative estimate of drug-likeness (QED) is 0.833. The van der Waals surface area contributed by atoms with Gasteiger partial charge in [0.25, 0.3) is 0 Å². The molecule has 1 unspecified atom stereocenters. The van der Waals surface area contributed by atoms with Crippen LogP contribution in [0.4, 0.5) is 8.78 Å². The topological polar surface area (TPSA) is 49.3 Å². The number of thioether (sulfide) groups is 1. The largest absolute Gasteiger partial charge is 0.480 e. The van der Waals surface area contributed by atoms with Gasteiger partial charge >= 0.3 is 5.97 Å². The number of hydrogen-bond acceptors (Lipinski definition) is 3. The van der Waals surface area contributed by atoms with Gasteiger partial charge in [0.05, 0.1) is 5.37 Å². The number of rotatable bonds is 2. The fourth-order valence-corrected chi connectivity index (χ4v) is 2.75. The van der Waals surface area contributed by atoms with Gasteiger partial charge < -0.3 is 5.11 Å². The van der Waals surface area contributed by atoms with E-state index >= 15 is 0 Å². The van der Waals surface area contributed by atoms with Gasteiger partial charge in [0.2, 0.25) is 0 Å². The highest BCUT2D eigenvalue weighted by Crippen LogP contribution is 2.33. The van der Waals surface area contributed by atoms with Crippen LogP contribution in [0.15, 0.2) is 18.2 Å². The van der Waals surface area contributed by atoms with Crippen LogP contribution in [0.1, 0.15) is 10.9 Å². The van der Waals surface area contributed by atoms with Gasteiger partial charge in [-0.2, -0.15) is 0 Å². The molecular weight excluding hydrogens is 236 g/mol. The molecule has 1 aromatic carbocycles. The minimum absolute atomic E-state index is 0.369. The third kappa shape index (κ3) is 2.33. The molecule has 1 aliphatic rings. The van der Waals surface area contributed by atoms with E-state index in [0.717, 1.165) is 6.07 Å². The summed E-state index contributed by atoms with van der Waals surface area (Å²) in [7, 11) is 0. The summed E-state index contributed by atoms with van der Waals surface area (Å²) in [5.41, 5.74) is 0.422. The summed E-state index contributed by atoms with van der Waals surface area (Å²) in [6, 6.07) is 2.54. The summed E-state index contributed by atoms with van der Waals surface area (Å²) < 4.78 is 25.9. The van der Waals surface area contributed by atoms with Crippen LogP contribution in [0, 0.1) is 11.6 Å². The molecule has 6 heteroatoms. The van der Waals surface area contributed by atoms with Crippen LogP contribution in [0.5, 0.6) is 0 Å². The van der Waals surface area contributed by atoms with E-state index in [4.69, 9.17) is 5.11 Å². The summed E-state index contributed by atoms with van der Waals surface area (Å²) in [5, 5.41) is 11.2. The molecule has 1 heterocycles. The van der Waals surface area contributed by atoms with Crippen LogP contribution in [-0.2, 0) is 4.79 Å². The molecule has 0 amide bonds. The lowest BCUT2D eigenvalue weighted by Crippen LogP contribution is -2.33. The summed E-state index contributed by atoms with van der Waals surface area (Å²) in [6.45, 7) is 0. The standard InChI is InChI=1S/C10H9F2NO2S/c11-6-1-5(2-7(12)3-6)9-13-8(4-16-9)10(14)15/h1-3,8-9,13H,4H2,(H,14,15)/t8-,9?/m0/s1. The zero-order valence-electron chi connectivity index (χ0n) is 8.11. The molecule has 0 aromatic heterocycles. The highest BCUT2D eigenvalue weighted by molar-refractivity contribution is 7.99. The molecule has 0 bridgehead atoms. The van der Waals surface area contributed by atoms with E-state index in [-0.39, 0.29) is 5.37 Å². The average Bonchev–Trinajstić information content (AvgIpc) is 2.64. The van der Waals surface area contributed by atoms with Crippen molar-refractivity contribution < 1.29 is 18.7 Å². The van der Waals surface area contributed by atoms with Crippen LogP contribution < -0.4 is 5.32 Å². The second-order valence-corrected chi connectivity index (χ2v) is 4.61. The van der Waals surface area contributed by atoms with E-state index in [1.807, 2.05) is 0 Å². The molecule has 0 spiro atoms. The number of hydrogen-bond donors (Lipinski definition) is 2. The minimum Gasteiger partial charge on any atom is -0.480 e. The zero-order valence-corrected chi connectivity index (χ0v) is 8.93. The Bertz CT molecular complexity index is 407. The van der Waals surface area contributed by atoms with E-state index in [1.54, 1.807) is 0 Å². The number of nitrogens with one attached hydrogen (secondary N) is 1. The number of carboxylic acids is 1. The molecule has 16 heavy (non-hydrogen) atoms. The Morgan fingerprint density at radius 3 is 2.50 bits per heavy atom. The lowest BCUT2D eigenvalue weighted by atomic mass is 10.2. The minimum atomic E-state index is -0.952. The van der Waals surface area contributed by atoms with Crippen LogP contribution in [-0.4, -0.2) is 22.9 Å². The lowest BCUT2D eigenvalue weighted by Gasteiger charge is -2.11. The van der Waals surface area contributed by atoms with Crippen LogP contribution in [0.25, 0.3) is 0 Å². The fraction of sp³-hybridized carbons (Fsp3) is 0.300. The Balaban J connectivity index is 2.17. The number of aliphatic carboxylic acids is 1. The third-order valence-electron chi connectivity index (χ3n) is 2.27. The van der Waals surface area contributed by atoms with E-state index in [0.29, 0.717) is 11.3 Å². The predicted molar refractivity (Wildman–Crippen MR) is 56.1 cm³/mol. The van der Waals surface area contributed by atoms with Gasteiger partial charge in [-0.25, -0.2) is 8.78 Å². The monoisotopic (exact) mass is 245 g/mol. The van der Waals surface area contributed by atoms with Crippen molar-refractivity contribution in [1.82, 2.24) is 5.32 Å². The predicted octanol–water partition coefficient (Wildman–Crippen LogP) is 1.75. The lowest BCUT2D eigenvalue weighted by molar-refractivity contribution is -0.138. The number of carbonyl (C=O) groups is 1. The molecule has 2 N–H and O–H groups in total. The first kappa shape index (κ1) is 11.3. The van der Waals surface area contributed by atoms with Gasteiger partial charge in [0, 0.05) is 11.8 Å². The maximum atomic E-state index is 12.9. The number of halogens is 2. The number of benzene rings is 1. The Morgan fingerprint density at radius 2 is 2.00 bits per heavy atom. The summed E-state index contributed by atoms with van der Waals surface area (Å²) in [6.07, 6.45) is 0. The number of carboxylic acid groups (broad SMARTS) is 1. The highest BCUT2D eigenvalue weighted by atomic mass is 32.2. The second-order valence-electron chi connectivity index (χ2n) is 3.47. The summed E-state index contributed by atoms with van der Waals surface area (Å²) in [4.78, 5) is 10.7. The van der Waals surface area contributed by atoms with Gasteiger partial charge in [0.15, 0.2) is 0 Å². The van der Waals surface area contributed by atoms with Gasteiger partial charge in [-0.3, -0.25) is 10.1 Å². The zero-order chi connectivity index (χ0) is 11.7. The van der Waals surface area contributed by atoms with Crippen molar-refractivity contribution in [2.45, 2.75) is 11.4 Å². The van der Waals surface area contributed by atoms with Crippen molar-refractivity contribution in [2.24, 2.45) is 0 Å². The van der Waals surface area contributed by atoms with E-state index < -0.39 is 23.6 Å². The van der Waals surface area contributed by atoms with Crippen molar-refractivity contribution in [3.05, 3.63) is 35.4 Å². The molecular formula is C10H9F2NO2S. The molecule has 2 atom stereocenters. The van der Waals surface area contributed by atoms with Gasteiger partial charge in [-0.1, -0.05) is 0 Å². The highest BCUT2D eigenvalue weighted by Gasteiger charge is 2.30. The van der Waals surface area contributed by atoms with E-state index in [2.05, 4.69) is 5.32 Å². The van der Waals surface area contributed by atoms with Crippen molar-refractivity contribution in [2.75, 3.05) is 5.75 Å². The fourth-order valence-electron chi connectivity index (χ4n) is 1.53. The molecule has 1 aromatic rings. The molecule has 0 radical (unpaired) electrons. The Morgan fingerprint density at radius 1 is 1.38 bits per heavy atom. The first-order valence-electron chi connectivity index (χ1n) is 4.63. The molecule has 1 fully saturated rings. The Labute approximate surface area is 94.8 Å². The molecule has 1 aliphatic heterocycles. The second kappa shape index (κ2) is 4.39. The van der Waals surface area contributed by atoms with Crippen molar-refractivity contribution >= 4 is 17.7 Å². The maximum Gasteiger partial charge on any atom is 0.321 e. The van der Waals surface area contributed by atoms with Gasteiger partial charge in [-0.05, 0) is 17.7 Å². The molecule has 86 valence electrons. The van der Waals surface area contributed by atoms with Gasteiger partial charge in [-0.15, -0.1) is 11.8 Å². The van der Waals surface area contributed by atoms with Crippen molar-refractivity contribution in [3.8, 4) is 0 Å². The SMILES string of the molecule is O=C(O)[C@@H]1CSC(c2cc(F)cc(F)c2)N1. The molecule has 3 nitrogen and oxygen atoms in total. The summed E-state index contributed by atoms with van der Waals surface area (Å²) in [5.74, 6) is -1.88. The van der Waals surface area contributed by atoms with E-state index in [9.17, 15) is 13.6 Å².